The number of thiol groups is 1. The first-order chi connectivity index (χ1) is 6.45. The average molecular weight is 220 g/mol. The van der Waals surface area contributed by atoms with Crippen molar-refractivity contribution in [2.45, 2.75) is 13.1 Å². The van der Waals surface area contributed by atoms with Crippen LogP contribution in [0.25, 0.3) is 0 Å². The van der Waals surface area contributed by atoms with E-state index in [9.17, 15) is 13.2 Å². The molecule has 76 valence electrons. The summed E-state index contributed by atoms with van der Waals surface area (Å²) < 4.78 is 40.1. The molecule has 1 aromatic heterocycles. The van der Waals surface area contributed by atoms with Crippen molar-refractivity contribution in [3.8, 4) is 0 Å². The zero-order valence-corrected chi connectivity index (χ0v) is 8.10. The van der Waals surface area contributed by atoms with Crippen LogP contribution < -0.4 is 0 Å². The Morgan fingerprint density at radius 3 is 2.64 bits per heavy atom. The lowest BCUT2D eigenvalue weighted by Crippen LogP contribution is -2.09. The number of hydrogen-bond donors (Lipinski definition) is 1. The number of rotatable bonds is 1. The second-order valence-electron chi connectivity index (χ2n) is 2.61. The second-order valence-corrected chi connectivity index (χ2v) is 2.81. The van der Waals surface area contributed by atoms with E-state index in [2.05, 4.69) is 22.2 Å². The summed E-state index contributed by atoms with van der Waals surface area (Å²) in [5.74, 6) is 0. The molecule has 0 amide bonds. The lowest BCUT2D eigenvalue weighted by molar-refractivity contribution is -0.141. The highest BCUT2D eigenvalue weighted by molar-refractivity contribution is 7.79. The first-order valence-corrected chi connectivity index (χ1v) is 4.07. The van der Waals surface area contributed by atoms with Gasteiger partial charge in [-0.05, 0) is 37.4 Å². The fraction of sp³-hybridized carbons (Fsp3) is 0.250. The standard InChI is InChI=1S/C8H7F3N2S/c1-5(13-14)6-2-3-12-7(4-6)8(9,10)11/h2-4,14H,1H3/b13-5+. The molecule has 1 rings (SSSR count). The van der Waals surface area contributed by atoms with Gasteiger partial charge < -0.3 is 0 Å². The van der Waals surface area contributed by atoms with Crippen LogP contribution in [-0.2, 0) is 6.18 Å². The molecule has 0 aliphatic rings. The lowest BCUT2D eigenvalue weighted by atomic mass is 10.1. The van der Waals surface area contributed by atoms with Crippen molar-refractivity contribution >= 4 is 18.5 Å². The van der Waals surface area contributed by atoms with Gasteiger partial charge in [0.1, 0.15) is 5.69 Å². The predicted octanol–water partition coefficient (Wildman–Crippen LogP) is 2.75. The van der Waals surface area contributed by atoms with Gasteiger partial charge in [-0.3, -0.25) is 4.98 Å². The molecule has 0 aromatic carbocycles. The molecule has 0 fully saturated rings. The quantitative estimate of drug-likeness (QED) is 0.571. The van der Waals surface area contributed by atoms with Crippen molar-refractivity contribution in [1.82, 2.24) is 4.98 Å². The number of alkyl halides is 3. The molecule has 0 aliphatic heterocycles. The summed E-state index contributed by atoms with van der Waals surface area (Å²) >= 11 is 3.62. The molecular formula is C8H7F3N2S. The van der Waals surface area contributed by atoms with Crippen LogP contribution in [-0.4, -0.2) is 10.7 Å². The van der Waals surface area contributed by atoms with Crippen molar-refractivity contribution in [3.05, 3.63) is 29.6 Å². The highest BCUT2D eigenvalue weighted by Crippen LogP contribution is 2.27. The maximum atomic E-state index is 12.2. The van der Waals surface area contributed by atoms with Crippen LogP contribution in [0, 0.1) is 0 Å². The Labute approximate surface area is 84.4 Å². The van der Waals surface area contributed by atoms with Gasteiger partial charge in [-0.1, -0.05) is 0 Å². The molecule has 0 aliphatic carbocycles. The van der Waals surface area contributed by atoms with Gasteiger partial charge in [-0.15, -0.1) is 0 Å². The smallest absolute Gasteiger partial charge is 0.252 e. The Bertz CT molecular complexity index is 360. The van der Waals surface area contributed by atoms with Gasteiger partial charge in [-0.25, -0.2) is 4.40 Å². The lowest BCUT2D eigenvalue weighted by Gasteiger charge is -2.06. The first kappa shape index (κ1) is 11.0. The molecule has 2 nitrogen and oxygen atoms in total. The topological polar surface area (TPSA) is 25.2 Å². The van der Waals surface area contributed by atoms with E-state index in [1.807, 2.05) is 0 Å². The van der Waals surface area contributed by atoms with Gasteiger partial charge in [-0.2, -0.15) is 13.2 Å². The summed E-state index contributed by atoms with van der Waals surface area (Å²) in [7, 11) is 0. The van der Waals surface area contributed by atoms with E-state index in [1.54, 1.807) is 6.92 Å². The monoisotopic (exact) mass is 220 g/mol. The van der Waals surface area contributed by atoms with Gasteiger partial charge in [0.2, 0.25) is 0 Å². The highest BCUT2D eigenvalue weighted by atomic mass is 32.1. The van der Waals surface area contributed by atoms with Gasteiger partial charge in [0.15, 0.2) is 0 Å². The van der Waals surface area contributed by atoms with Gasteiger partial charge >= 0.3 is 6.18 Å². The SMILES string of the molecule is C/C(=N\S)c1ccnc(C(F)(F)F)c1. The van der Waals surface area contributed by atoms with E-state index >= 15 is 0 Å². The summed E-state index contributed by atoms with van der Waals surface area (Å²) in [5, 5.41) is 0. The molecule has 0 bridgehead atoms. The molecule has 0 unspecified atom stereocenters. The number of pyridine rings is 1. The van der Waals surface area contributed by atoms with Crippen LogP contribution >= 0.6 is 12.8 Å². The molecule has 1 aromatic rings. The average Bonchev–Trinajstić information content (AvgIpc) is 2.15. The third-order valence-corrected chi connectivity index (χ3v) is 1.92. The van der Waals surface area contributed by atoms with E-state index in [1.165, 1.54) is 6.07 Å². The van der Waals surface area contributed by atoms with Crippen LogP contribution in [0.2, 0.25) is 0 Å². The molecule has 0 N–H and O–H groups in total. The molecule has 0 atom stereocenters. The fourth-order valence-electron chi connectivity index (χ4n) is 0.868. The fourth-order valence-corrected chi connectivity index (χ4v) is 0.984. The minimum absolute atomic E-state index is 0.363. The maximum absolute atomic E-state index is 12.2. The number of halogens is 3. The first-order valence-electron chi connectivity index (χ1n) is 3.67. The molecule has 14 heavy (non-hydrogen) atoms. The third-order valence-electron chi connectivity index (χ3n) is 1.62. The zero-order valence-electron chi connectivity index (χ0n) is 7.21. The Hall–Kier alpha value is -1.04. The molecule has 0 spiro atoms. The summed E-state index contributed by atoms with van der Waals surface area (Å²) in [6.45, 7) is 1.57. The van der Waals surface area contributed by atoms with Crippen LogP contribution in [0.1, 0.15) is 18.2 Å². The molecule has 0 saturated heterocycles. The minimum atomic E-state index is -4.42. The second kappa shape index (κ2) is 4.00. The summed E-state index contributed by atoms with van der Waals surface area (Å²) in [6.07, 6.45) is -3.33. The normalized spacial score (nSPS) is 13.1. The summed E-state index contributed by atoms with van der Waals surface area (Å²) in [4.78, 5) is 3.22. The molecule has 0 radical (unpaired) electrons. The third kappa shape index (κ3) is 2.47. The van der Waals surface area contributed by atoms with E-state index in [4.69, 9.17) is 0 Å². The Balaban J connectivity index is 3.14. The van der Waals surface area contributed by atoms with E-state index in [0.29, 0.717) is 11.3 Å². The highest BCUT2D eigenvalue weighted by Gasteiger charge is 2.32. The predicted molar refractivity (Wildman–Crippen MR) is 50.4 cm³/mol. The van der Waals surface area contributed by atoms with Crippen molar-refractivity contribution in [1.29, 1.82) is 0 Å². The minimum Gasteiger partial charge on any atom is -0.252 e. The van der Waals surface area contributed by atoms with Crippen LogP contribution in [0.3, 0.4) is 0 Å². The van der Waals surface area contributed by atoms with Gasteiger partial charge in [0, 0.05) is 6.20 Å². The molecular weight excluding hydrogens is 213 g/mol. The van der Waals surface area contributed by atoms with Crippen molar-refractivity contribution in [2.75, 3.05) is 0 Å². The molecule has 6 heteroatoms. The van der Waals surface area contributed by atoms with E-state index < -0.39 is 11.9 Å². The van der Waals surface area contributed by atoms with Crippen molar-refractivity contribution < 1.29 is 13.2 Å². The zero-order chi connectivity index (χ0) is 10.8. The molecule has 1 heterocycles. The van der Waals surface area contributed by atoms with Crippen LogP contribution in [0.15, 0.2) is 22.7 Å². The van der Waals surface area contributed by atoms with E-state index in [0.717, 1.165) is 12.3 Å². The molecule has 0 saturated carbocycles. The number of hydrogen-bond acceptors (Lipinski definition) is 3. The summed E-state index contributed by atoms with van der Waals surface area (Å²) in [5.41, 5.74) is -0.144. The Kier molecular flexibility index (Phi) is 3.15. The van der Waals surface area contributed by atoms with Crippen molar-refractivity contribution in [2.24, 2.45) is 4.40 Å². The van der Waals surface area contributed by atoms with E-state index in [-0.39, 0.29) is 0 Å². The maximum Gasteiger partial charge on any atom is 0.433 e. The largest absolute Gasteiger partial charge is 0.433 e. The Morgan fingerprint density at radius 1 is 1.50 bits per heavy atom. The van der Waals surface area contributed by atoms with Crippen LogP contribution in [0.4, 0.5) is 13.2 Å². The van der Waals surface area contributed by atoms with Gasteiger partial charge in [0.05, 0.1) is 5.71 Å². The van der Waals surface area contributed by atoms with Crippen molar-refractivity contribution in [3.63, 3.8) is 0 Å². The van der Waals surface area contributed by atoms with Crippen LogP contribution in [0.5, 0.6) is 0 Å². The number of aromatic nitrogens is 1. The summed E-state index contributed by atoms with van der Waals surface area (Å²) in [6, 6.07) is 2.39. The number of nitrogens with zero attached hydrogens (tertiary/aromatic N) is 2. The Morgan fingerprint density at radius 2 is 2.14 bits per heavy atom. The van der Waals surface area contributed by atoms with Gasteiger partial charge in [0.25, 0.3) is 0 Å².